The molecule has 0 atom stereocenters. The second kappa shape index (κ2) is 4.14. The van der Waals surface area contributed by atoms with Crippen LogP contribution in [-0.4, -0.2) is 24.6 Å². The normalized spacial score (nSPS) is 11.4. The van der Waals surface area contributed by atoms with Crippen molar-refractivity contribution in [2.24, 2.45) is 0 Å². The molecule has 2 aromatic rings. The summed E-state index contributed by atoms with van der Waals surface area (Å²) in [6, 6.07) is 6.38. The predicted molar refractivity (Wildman–Crippen MR) is 65.0 cm³/mol. The van der Waals surface area contributed by atoms with E-state index in [9.17, 15) is 8.42 Å². The first-order chi connectivity index (χ1) is 7.98. The third-order valence-corrected chi connectivity index (χ3v) is 3.41. The molecular weight excluding hydrogens is 238 g/mol. The quantitative estimate of drug-likeness (QED) is 0.862. The molecule has 0 saturated carbocycles. The highest BCUT2D eigenvalue weighted by Gasteiger charge is 2.08. The lowest BCUT2D eigenvalue weighted by atomic mass is 10.1. The number of benzene rings is 1. The highest BCUT2D eigenvalue weighted by molar-refractivity contribution is 7.90. The smallest absolute Gasteiger partial charge is 0.175 e. The Morgan fingerprint density at radius 1 is 1.06 bits per heavy atom. The van der Waals surface area contributed by atoms with Gasteiger partial charge in [0.05, 0.1) is 4.90 Å². The van der Waals surface area contributed by atoms with Crippen molar-refractivity contribution in [1.29, 1.82) is 0 Å². The lowest BCUT2D eigenvalue weighted by Crippen LogP contribution is -1.98. The number of rotatable bonds is 2. The molecule has 0 aliphatic rings. The molecular formula is C11H11N3O2S. The number of nitrogen functional groups attached to an aromatic ring is 1. The average molecular weight is 249 g/mol. The Morgan fingerprint density at radius 2 is 1.65 bits per heavy atom. The van der Waals surface area contributed by atoms with Crippen LogP contribution in [0, 0.1) is 0 Å². The van der Waals surface area contributed by atoms with Crippen LogP contribution < -0.4 is 5.73 Å². The van der Waals surface area contributed by atoms with E-state index in [1.807, 2.05) is 0 Å². The first kappa shape index (κ1) is 11.5. The summed E-state index contributed by atoms with van der Waals surface area (Å²) in [4.78, 5) is 8.29. The maximum Gasteiger partial charge on any atom is 0.175 e. The van der Waals surface area contributed by atoms with E-state index in [1.165, 1.54) is 30.8 Å². The Balaban J connectivity index is 2.47. The summed E-state index contributed by atoms with van der Waals surface area (Å²) in [5.41, 5.74) is 6.97. The zero-order chi connectivity index (χ0) is 12.5. The molecule has 5 nitrogen and oxygen atoms in total. The molecule has 1 heterocycles. The minimum absolute atomic E-state index is 0.267. The number of sulfone groups is 1. The zero-order valence-corrected chi connectivity index (χ0v) is 9.98. The molecule has 0 fully saturated rings. The molecule has 0 radical (unpaired) electrons. The Hall–Kier alpha value is -1.95. The van der Waals surface area contributed by atoms with Gasteiger partial charge in [0.2, 0.25) is 0 Å². The van der Waals surface area contributed by atoms with Crippen molar-refractivity contribution in [3.63, 3.8) is 0 Å². The number of hydrogen-bond acceptors (Lipinski definition) is 5. The van der Waals surface area contributed by atoms with E-state index in [2.05, 4.69) is 9.97 Å². The third kappa shape index (κ3) is 2.42. The van der Waals surface area contributed by atoms with Crippen LogP contribution >= 0.6 is 0 Å². The van der Waals surface area contributed by atoms with Gasteiger partial charge in [-0.15, -0.1) is 0 Å². The third-order valence-electron chi connectivity index (χ3n) is 2.28. The molecule has 0 spiro atoms. The van der Waals surface area contributed by atoms with Crippen LogP contribution in [0.2, 0.25) is 0 Å². The van der Waals surface area contributed by atoms with Gasteiger partial charge in [-0.2, -0.15) is 0 Å². The molecule has 1 aromatic carbocycles. The molecule has 2 rings (SSSR count). The van der Waals surface area contributed by atoms with Crippen molar-refractivity contribution in [1.82, 2.24) is 9.97 Å². The van der Waals surface area contributed by atoms with Crippen molar-refractivity contribution in [3.8, 4) is 11.3 Å². The molecule has 1 aromatic heterocycles. The molecule has 0 saturated heterocycles. The van der Waals surface area contributed by atoms with Gasteiger partial charge in [0.25, 0.3) is 0 Å². The largest absolute Gasteiger partial charge is 0.382 e. The van der Waals surface area contributed by atoms with Gasteiger partial charge in [0.15, 0.2) is 9.84 Å². The molecule has 2 N–H and O–H groups in total. The molecule has 0 aliphatic carbocycles. The molecule has 6 heteroatoms. The van der Waals surface area contributed by atoms with Gasteiger partial charge in [0, 0.05) is 24.2 Å². The van der Waals surface area contributed by atoms with Crippen LogP contribution in [0.15, 0.2) is 41.6 Å². The summed E-state index contributed by atoms with van der Waals surface area (Å²) >= 11 is 0. The average Bonchev–Trinajstić information content (AvgIpc) is 2.29. The van der Waals surface area contributed by atoms with Crippen LogP contribution in [0.1, 0.15) is 0 Å². The molecule has 0 bridgehead atoms. The SMILES string of the molecule is CS(=O)(=O)c1ccc(-c2nccnc2N)cc1. The van der Waals surface area contributed by atoms with E-state index in [0.29, 0.717) is 11.5 Å². The Labute approximate surface area is 99.3 Å². The van der Waals surface area contributed by atoms with Gasteiger partial charge >= 0.3 is 0 Å². The summed E-state index contributed by atoms with van der Waals surface area (Å²) in [6.07, 6.45) is 4.21. The summed E-state index contributed by atoms with van der Waals surface area (Å²) < 4.78 is 22.6. The monoisotopic (exact) mass is 249 g/mol. The summed E-state index contributed by atoms with van der Waals surface area (Å²) in [5, 5.41) is 0. The first-order valence-electron chi connectivity index (χ1n) is 4.85. The van der Waals surface area contributed by atoms with Crippen molar-refractivity contribution in [2.75, 3.05) is 12.0 Å². The Kier molecular flexibility index (Phi) is 2.81. The summed E-state index contributed by atoms with van der Waals surface area (Å²) in [7, 11) is -3.18. The van der Waals surface area contributed by atoms with Gasteiger partial charge in [0.1, 0.15) is 11.5 Å². The highest BCUT2D eigenvalue weighted by Crippen LogP contribution is 2.22. The Morgan fingerprint density at radius 3 is 2.18 bits per heavy atom. The lowest BCUT2D eigenvalue weighted by Gasteiger charge is -2.04. The predicted octanol–water partition coefficient (Wildman–Crippen LogP) is 1.13. The van der Waals surface area contributed by atoms with Crippen molar-refractivity contribution >= 4 is 15.7 Å². The molecule has 0 aliphatic heterocycles. The van der Waals surface area contributed by atoms with E-state index < -0.39 is 9.84 Å². The van der Waals surface area contributed by atoms with Crippen LogP contribution in [0.4, 0.5) is 5.82 Å². The van der Waals surface area contributed by atoms with E-state index in [1.54, 1.807) is 12.1 Å². The number of aromatic nitrogens is 2. The second-order valence-electron chi connectivity index (χ2n) is 3.59. The zero-order valence-electron chi connectivity index (χ0n) is 9.16. The number of anilines is 1. The van der Waals surface area contributed by atoms with Crippen molar-refractivity contribution < 1.29 is 8.42 Å². The van der Waals surface area contributed by atoms with Gasteiger partial charge in [-0.25, -0.2) is 13.4 Å². The Bertz CT molecular complexity index is 636. The van der Waals surface area contributed by atoms with Crippen molar-refractivity contribution in [2.45, 2.75) is 4.90 Å². The van der Waals surface area contributed by atoms with E-state index in [0.717, 1.165) is 5.56 Å². The summed E-state index contributed by atoms with van der Waals surface area (Å²) in [6.45, 7) is 0. The topological polar surface area (TPSA) is 85.9 Å². The van der Waals surface area contributed by atoms with Gasteiger partial charge in [-0.3, -0.25) is 4.98 Å². The molecule has 0 unspecified atom stereocenters. The van der Waals surface area contributed by atoms with E-state index in [-0.39, 0.29) is 4.90 Å². The fraction of sp³-hybridized carbons (Fsp3) is 0.0909. The standard InChI is InChI=1S/C11H11N3O2S/c1-17(15,16)9-4-2-8(3-5-9)10-11(12)14-7-6-13-10/h2-7H,1H3,(H2,12,14). The van der Waals surface area contributed by atoms with Crippen LogP contribution in [-0.2, 0) is 9.84 Å². The fourth-order valence-corrected chi connectivity index (χ4v) is 2.06. The maximum atomic E-state index is 11.3. The van der Waals surface area contributed by atoms with Crippen LogP contribution in [0.25, 0.3) is 11.3 Å². The van der Waals surface area contributed by atoms with Gasteiger partial charge < -0.3 is 5.73 Å². The number of hydrogen-bond donors (Lipinski definition) is 1. The first-order valence-corrected chi connectivity index (χ1v) is 6.74. The molecule has 88 valence electrons. The van der Waals surface area contributed by atoms with E-state index in [4.69, 9.17) is 5.73 Å². The highest BCUT2D eigenvalue weighted by atomic mass is 32.2. The van der Waals surface area contributed by atoms with Crippen LogP contribution in [0.3, 0.4) is 0 Å². The fourth-order valence-electron chi connectivity index (χ4n) is 1.43. The minimum Gasteiger partial charge on any atom is -0.382 e. The lowest BCUT2D eigenvalue weighted by molar-refractivity contribution is 0.602. The molecule has 0 amide bonds. The van der Waals surface area contributed by atoms with Gasteiger partial charge in [-0.05, 0) is 12.1 Å². The number of nitrogens with zero attached hydrogens (tertiary/aromatic N) is 2. The van der Waals surface area contributed by atoms with E-state index >= 15 is 0 Å². The van der Waals surface area contributed by atoms with Crippen LogP contribution in [0.5, 0.6) is 0 Å². The summed E-state index contributed by atoms with van der Waals surface area (Å²) in [5.74, 6) is 0.319. The van der Waals surface area contributed by atoms with Gasteiger partial charge in [-0.1, -0.05) is 12.1 Å². The molecule has 17 heavy (non-hydrogen) atoms. The van der Waals surface area contributed by atoms with Crippen molar-refractivity contribution in [3.05, 3.63) is 36.7 Å². The maximum absolute atomic E-state index is 11.3. The minimum atomic E-state index is -3.18. The number of nitrogens with two attached hydrogens (primary N) is 1. The second-order valence-corrected chi connectivity index (χ2v) is 5.60.